The van der Waals surface area contributed by atoms with E-state index in [-0.39, 0.29) is 12.4 Å². The van der Waals surface area contributed by atoms with Crippen molar-refractivity contribution >= 4 is 35.3 Å². The summed E-state index contributed by atoms with van der Waals surface area (Å²) in [5, 5.41) is 1.88. The van der Waals surface area contributed by atoms with Crippen LogP contribution in [0, 0.1) is 0 Å². The molecule has 0 radical (unpaired) electrons. The number of nitrogens with two attached hydrogens (primary N) is 1. The molecule has 2 aromatic rings. The number of thioether (sulfide) groups is 1. The zero-order chi connectivity index (χ0) is 24.5. The zero-order valence-corrected chi connectivity index (χ0v) is 19.5. The lowest BCUT2D eigenvalue weighted by atomic mass is 9.92. The lowest BCUT2D eigenvalue weighted by molar-refractivity contribution is -0.170. The SMILES string of the molecule is CC1(C)S[C@H]2N(C(=O)C2(N)NC(=O)COc2ccccc2)[C@H]1C(=O)OCC(=O)c1ccccc1. The zero-order valence-electron chi connectivity index (χ0n) is 18.7. The molecule has 34 heavy (non-hydrogen) atoms. The minimum atomic E-state index is -1.67. The van der Waals surface area contributed by atoms with Gasteiger partial charge in [0.1, 0.15) is 17.2 Å². The Labute approximate surface area is 201 Å². The molecule has 178 valence electrons. The monoisotopic (exact) mass is 483 g/mol. The van der Waals surface area contributed by atoms with Crippen molar-refractivity contribution in [3.63, 3.8) is 0 Å². The van der Waals surface area contributed by atoms with Crippen LogP contribution in [0.5, 0.6) is 5.75 Å². The minimum absolute atomic E-state index is 0.315. The number of hydrogen-bond donors (Lipinski definition) is 2. The van der Waals surface area contributed by atoms with E-state index in [1.165, 1.54) is 16.7 Å². The van der Waals surface area contributed by atoms with Crippen LogP contribution in [0.4, 0.5) is 0 Å². The fraction of sp³-hybridized carbons (Fsp3) is 0.333. The van der Waals surface area contributed by atoms with E-state index in [1.54, 1.807) is 68.4 Å². The van der Waals surface area contributed by atoms with E-state index in [0.717, 1.165) is 0 Å². The van der Waals surface area contributed by atoms with Crippen LogP contribution in [0.3, 0.4) is 0 Å². The third-order valence-corrected chi connectivity index (χ3v) is 7.36. The first-order valence-corrected chi connectivity index (χ1v) is 11.5. The molecule has 9 nitrogen and oxygen atoms in total. The number of Topliss-reactive ketones (excluding diaryl/α,β-unsaturated/α-hetero) is 1. The molecule has 0 spiro atoms. The highest BCUT2D eigenvalue weighted by Gasteiger charge is 2.71. The summed E-state index contributed by atoms with van der Waals surface area (Å²) in [6.45, 7) is 2.82. The number of amides is 2. The number of ether oxygens (including phenoxy) is 2. The van der Waals surface area contributed by atoms with Crippen LogP contribution in [0.1, 0.15) is 24.2 Å². The van der Waals surface area contributed by atoms with E-state index >= 15 is 0 Å². The number of β-lactam (4-membered cyclic amide) rings is 1. The predicted octanol–water partition coefficient (Wildman–Crippen LogP) is 1.33. The number of rotatable bonds is 8. The molecule has 2 aromatic carbocycles. The van der Waals surface area contributed by atoms with Crippen molar-refractivity contribution in [3.05, 3.63) is 66.2 Å². The first-order valence-electron chi connectivity index (χ1n) is 10.7. The van der Waals surface area contributed by atoms with Crippen LogP contribution in [-0.4, -0.2) is 63.5 Å². The van der Waals surface area contributed by atoms with Crippen molar-refractivity contribution in [1.82, 2.24) is 10.2 Å². The maximum atomic E-state index is 13.0. The molecule has 2 fully saturated rings. The highest BCUT2D eigenvalue weighted by atomic mass is 32.2. The lowest BCUT2D eigenvalue weighted by Gasteiger charge is -2.50. The predicted molar refractivity (Wildman–Crippen MR) is 125 cm³/mol. The van der Waals surface area contributed by atoms with Gasteiger partial charge in [0, 0.05) is 10.3 Å². The van der Waals surface area contributed by atoms with Crippen LogP contribution in [-0.2, 0) is 19.1 Å². The average Bonchev–Trinajstić information content (AvgIpc) is 3.11. The normalized spacial score (nSPS) is 24.6. The van der Waals surface area contributed by atoms with Crippen LogP contribution in [0.25, 0.3) is 0 Å². The van der Waals surface area contributed by atoms with Gasteiger partial charge in [0.25, 0.3) is 11.8 Å². The molecule has 0 bridgehead atoms. The fourth-order valence-electron chi connectivity index (χ4n) is 4.04. The van der Waals surface area contributed by atoms with E-state index in [1.807, 2.05) is 6.07 Å². The number of esters is 1. The Morgan fingerprint density at radius 3 is 2.29 bits per heavy atom. The lowest BCUT2D eigenvalue weighted by Crippen LogP contribution is -2.84. The molecule has 10 heteroatoms. The number of hydrogen-bond acceptors (Lipinski definition) is 8. The molecule has 2 saturated heterocycles. The number of carbonyl (C=O) groups excluding carboxylic acids is 4. The Balaban J connectivity index is 1.38. The van der Waals surface area contributed by atoms with Gasteiger partial charge in [0.2, 0.25) is 0 Å². The molecule has 0 aliphatic carbocycles. The van der Waals surface area contributed by atoms with Gasteiger partial charge in [0.15, 0.2) is 24.7 Å². The Kier molecular flexibility index (Phi) is 6.37. The summed E-state index contributed by atoms with van der Waals surface area (Å²) in [4.78, 5) is 51.9. The van der Waals surface area contributed by atoms with E-state index in [4.69, 9.17) is 15.2 Å². The van der Waals surface area contributed by atoms with Crippen molar-refractivity contribution in [2.75, 3.05) is 13.2 Å². The van der Waals surface area contributed by atoms with Gasteiger partial charge in [-0.2, -0.15) is 0 Å². The Hall–Kier alpha value is -3.37. The second kappa shape index (κ2) is 9.11. The summed E-state index contributed by atoms with van der Waals surface area (Å²) in [6.07, 6.45) is 0. The molecule has 2 aliphatic heterocycles. The molecule has 2 amide bonds. The van der Waals surface area contributed by atoms with E-state index in [0.29, 0.717) is 11.3 Å². The first kappa shape index (κ1) is 23.8. The average molecular weight is 484 g/mol. The molecule has 3 N–H and O–H groups in total. The van der Waals surface area contributed by atoms with Crippen LogP contribution in [0.15, 0.2) is 60.7 Å². The summed E-state index contributed by atoms with van der Waals surface area (Å²) < 4.78 is 9.94. The summed E-state index contributed by atoms with van der Waals surface area (Å²) in [7, 11) is 0. The maximum absolute atomic E-state index is 13.0. The number of carbonyl (C=O) groups is 4. The Morgan fingerprint density at radius 1 is 1.03 bits per heavy atom. The van der Waals surface area contributed by atoms with Gasteiger partial charge in [-0.15, -0.1) is 11.8 Å². The number of ketones is 1. The molecule has 0 aromatic heterocycles. The van der Waals surface area contributed by atoms with Crippen molar-refractivity contribution in [3.8, 4) is 5.75 Å². The molecule has 3 atom stereocenters. The first-order chi connectivity index (χ1) is 16.1. The highest BCUT2D eigenvalue weighted by molar-refractivity contribution is 8.01. The smallest absolute Gasteiger partial charge is 0.330 e. The highest BCUT2D eigenvalue weighted by Crippen LogP contribution is 2.53. The number of fused-ring (bicyclic) bond motifs is 1. The van der Waals surface area contributed by atoms with Crippen molar-refractivity contribution < 1.29 is 28.7 Å². The summed E-state index contributed by atoms with van der Waals surface area (Å²) in [6, 6.07) is 16.3. The number of para-hydroxylation sites is 1. The van der Waals surface area contributed by atoms with E-state index in [9.17, 15) is 19.2 Å². The summed E-state index contributed by atoms with van der Waals surface area (Å²) >= 11 is 1.29. The molecule has 2 heterocycles. The standard InChI is InChI=1S/C24H25N3O6S/c1-23(2)19(20(30)33-13-17(28)15-9-5-3-6-10-15)27-21(31)24(25,22(27)34-23)26-18(29)14-32-16-11-7-4-8-12-16/h3-12,19,22H,13-14,25H2,1-2H3,(H,26,29)/t19-,22+,24?/m0/s1. The second-order valence-corrected chi connectivity index (χ2v) is 10.3. The van der Waals surface area contributed by atoms with E-state index < -0.39 is 46.2 Å². The maximum Gasteiger partial charge on any atom is 0.330 e. The summed E-state index contributed by atoms with van der Waals surface area (Å²) in [5.41, 5.74) is 5.03. The van der Waals surface area contributed by atoms with Gasteiger partial charge in [-0.25, -0.2) is 4.79 Å². The third kappa shape index (κ3) is 4.38. The number of benzene rings is 2. The second-order valence-electron chi connectivity index (χ2n) is 8.60. The summed E-state index contributed by atoms with van der Waals surface area (Å²) in [5.74, 6) is -1.69. The molecular weight excluding hydrogens is 458 g/mol. The molecule has 4 rings (SSSR count). The Bertz CT molecular complexity index is 1110. The third-order valence-electron chi connectivity index (χ3n) is 5.71. The largest absolute Gasteiger partial charge is 0.484 e. The molecule has 2 aliphatic rings. The van der Waals surface area contributed by atoms with Crippen molar-refractivity contribution in [2.24, 2.45) is 5.73 Å². The minimum Gasteiger partial charge on any atom is -0.484 e. The Morgan fingerprint density at radius 2 is 1.65 bits per heavy atom. The fourth-order valence-corrected chi connectivity index (χ4v) is 5.63. The van der Waals surface area contributed by atoms with Gasteiger partial charge >= 0.3 is 5.97 Å². The molecule has 0 saturated carbocycles. The van der Waals surface area contributed by atoms with Gasteiger partial charge in [0.05, 0.1) is 0 Å². The molecular formula is C24H25N3O6S. The van der Waals surface area contributed by atoms with Gasteiger partial charge < -0.3 is 19.7 Å². The van der Waals surface area contributed by atoms with Crippen LogP contribution < -0.4 is 15.8 Å². The van der Waals surface area contributed by atoms with Gasteiger partial charge in [-0.3, -0.25) is 20.1 Å². The van der Waals surface area contributed by atoms with Crippen LogP contribution in [0.2, 0.25) is 0 Å². The van der Waals surface area contributed by atoms with Crippen molar-refractivity contribution in [2.45, 2.75) is 35.7 Å². The quantitative estimate of drug-likeness (QED) is 0.249. The number of nitrogens with one attached hydrogen (secondary N) is 1. The van der Waals surface area contributed by atoms with Crippen LogP contribution >= 0.6 is 11.8 Å². The van der Waals surface area contributed by atoms with Crippen molar-refractivity contribution in [1.29, 1.82) is 0 Å². The topological polar surface area (TPSA) is 128 Å². The van der Waals surface area contributed by atoms with E-state index in [2.05, 4.69) is 5.32 Å². The van der Waals surface area contributed by atoms with Gasteiger partial charge in [-0.05, 0) is 26.0 Å². The van der Waals surface area contributed by atoms with Gasteiger partial charge in [-0.1, -0.05) is 48.5 Å². The number of nitrogens with zero attached hydrogens (tertiary/aromatic N) is 1. The molecule has 1 unspecified atom stereocenters.